The Hall–Kier alpha value is -0.350. The molecule has 0 aliphatic heterocycles. The van der Waals surface area contributed by atoms with Gasteiger partial charge in [0, 0.05) is 6.42 Å². The van der Waals surface area contributed by atoms with E-state index in [1.54, 1.807) is 20.8 Å². The molecule has 0 aromatic heterocycles. The molecule has 0 aliphatic carbocycles. The van der Waals surface area contributed by atoms with Crippen LogP contribution in [0.25, 0.3) is 0 Å². The van der Waals surface area contributed by atoms with Crippen LogP contribution in [0.5, 0.6) is 5.75 Å². The van der Waals surface area contributed by atoms with Crippen LogP contribution in [0.15, 0.2) is 24.3 Å². The Bertz CT molecular complexity index is 860. The van der Waals surface area contributed by atoms with E-state index in [4.69, 9.17) is 87.9 Å². The van der Waals surface area contributed by atoms with E-state index in [1.807, 2.05) is 0 Å². The summed E-state index contributed by atoms with van der Waals surface area (Å²) in [7, 11) is -4.41. The first kappa shape index (κ1) is 31.7. The number of carbonyl (C=O) groups excluding carboxylic acids is 1. The minimum absolute atomic E-state index is 0.00676. The molecule has 0 radical (unpaired) electrons. The van der Waals surface area contributed by atoms with Crippen molar-refractivity contribution in [1.82, 2.24) is 5.32 Å². The lowest BCUT2D eigenvalue weighted by Gasteiger charge is -2.23. The average molecular weight is 624 g/mol. The molecule has 194 valence electrons. The number of phosphoric ester groups is 1. The average Bonchev–Trinajstić information content (AvgIpc) is 2.63. The Balaban J connectivity index is 2.91. The number of benzene rings is 1. The molecular weight excluding hydrogens is 602 g/mol. The summed E-state index contributed by atoms with van der Waals surface area (Å²) < 4.78 is 29.4. The number of halogens is 6. The van der Waals surface area contributed by atoms with Crippen molar-refractivity contribution in [3.05, 3.63) is 29.8 Å². The van der Waals surface area contributed by atoms with Crippen LogP contribution < -0.4 is 9.84 Å². The Kier molecular flexibility index (Phi) is 11.9. The molecule has 1 aromatic carbocycles. The summed E-state index contributed by atoms with van der Waals surface area (Å²) in [4.78, 5) is 23.4. The van der Waals surface area contributed by atoms with E-state index in [1.165, 1.54) is 24.3 Å². The highest BCUT2D eigenvalue weighted by molar-refractivity contribution is 7.49. The van der Waals surface area contributed by atoms with Gasteiger partial charge in [-0.05, 0) is 38.5 Å². The molecule has 0 heterocycles. The van der Waals surface area contributed by atoms with Crippen molar-refractivity contribution >= 4 is 89.5 Å². The van der Waals surface area contributed by atoms with Gasteiger partial charge in [-0.3, -0.25) is 9.05 Å². The number of nitrogens with one attached hydrogen (secondary N) is 1. The molecule has 1 amide bonds. The lowest BCUT2D eigenvalue weighted by molar-refractivity contribution is -0.139. The van der Waals surface area contributed by atoms with Crippen LogP contribution in [-0.4, -0.2) is 49.6 Å². The zero-order chi connectivity index (χ0) is 26.4. The van der Waals surface area contributed by atoms with Crippen molar-refractivity contribution in [1.29, 1.82) is 0 Å². The van der Waals surface area contributed by atoms with Gasteiger partial charge in [-0.2, -0.15) is 0 Å². The Morgan fingerprint density at radius 1 is 0.971 bits per heavy atom. The van der Waals surface area contributed by atoms with E-state index in [0.717, 1.165) is 0 Å². The van der Waals surface area contributed by atoms with Gasteiger partial charge >= 0.3 is 19.9 Å². The van der Waals surface area contributed by atoms with Gasteiger partial charge in [0.15, 0.2) is 0 Å². The first-order valence-corrected chi connectivity index (χ1v) is 13.0. The fourth-order valence-electron chi connectivity index (χ4n) is 2.10. The highest BCUT2D eigenvalue weighted by atomic mass is 35.6. The minimum Gasteiger partial charge on any atom is -0.480 e. The van der Waals surface area contributed by atoms with Crippen molar-refractivity contribution in [3.63, 3.8) is 0 Å². The normalized spacial score (nSPS) is 13.8. The van der Waals surface area contributed by atoms with Crippen LogP contribution in [0.1, 0.15) is 26.3 Å². The van der Waals surface area contributed by atoms with Gasteiger partial charge in [-0.25, -0.2) is 14.2 Å². The number of carboxylic acids is 1. The third-order valence-electron chi connectivity index (χ3n) is 3.34. The summed E-state index contributed by atoms with van der Waals surface area (Å²) in [5.74, 6) is -1.27. The largest absolute Gasteiger partial charge is 0.530 e. The summed E-state index contributed by atoms with van der Waals surface area (Å²) in [6.07, 6.45) is -0.960. The highest BCUT2D eigenvalue weighted by Gasteiger charge is 2.36. The summed E-state index contributed by atoms with van der Waals surface area (Å²) >= 11 is 33.6. The quantitative estimate of drug-likeness (QED) is 0.225. The van der Waals surface area contributed by atoms with Gasteiger partial charge in [0.2, 0.25) is 7.59 Å². The van der Waals surface area contributed by atoms with E-state index in [-0.39, 0.29) is 12.2 Å². The van der Waals surface area contributed by atoms with E-state index >= 15 is 0 Å². The van der Waals surface area contributed by atoms with Gasteiger partial charge < -0.3 is 19.7 Å². The molecule has 16 heteroatoms. The van der Waals surface area contributed by atoms with E-state index in [0.29, 0.717) is 5.56 Å². The minimum atomic E-state index is -4.41. The fraction of sp³-hybridized carbons (Fsp3) is 0.556. The zero-order valence-corrected chi connectivity index (χ0v) is 23.5. The second kappa shape index (κ2) is 12.7. The predicted octanol–water partition coefficient (Wildman–Crippen LogP) is 6.47. The van der Waals surface area contributed by atoms with Gasteiger partial charge in [-0.1, -0.05) is 81.7 Å². The topological polar surface area (TPSA) is 120 Å². The number of carbonyl (C=O) groups is 2. The van der Waals surface area contributed by atoms with E-state index in [9.17, 15) is 19.3 Å². The molecule has 0 saturated heterocycles. The van der Waals surface area contributed by atoms with E-state index in [2.05, 4.69) is 5.32 Å². The number of alkyl carbamates (subject to hydrolysis) is 1. The maximum atomic E-state index is 12.9. The number of hydrogen-bond donors (Lipinski definition) is 2. The highest BCUT2D eigenvalue weighted by Crippen LogP contribution is 2.52. The number of amides is 1. The van der Waals surface area contributed by atoms with Crippen molar-refractivity contribution in [2.45, 2.75) is 46.4 Å². The number of rotatable bonds is 10. The van der Waals surface area contributed by atoms with Gasteiger partial charge in [0.25, 0.3) is 0 Å². The SMILES string of the molecule is CC(C)(C)OC(=O)NC(Cc1ccc(OP(=O)(OCC(Cl)(Cl)Cl)OCC(Cl)(Cl)Cl)cc1)C(=O)O. The molecular formula is C18H22Cl6NO8P. The Morgan fingerprint density at radius 3 is 1.82 bits per heavy atom. The molecule has 0 spiro atoms. The van der Waals surface area contributed by atoms with Crippen LogP contribution in [0.4, 0.5) is 4.79 Å². The molecule has 1 atom stereocenters. The molecule has 0 bridgehead atoms. The van der Waals surface area contributed by atoms with Gasteiger partial charge in [-0.15, -0.1) is 0 Å². The lowest BCUT2D eigenvalue weighted by Crippen LogP contribution is -2.44. The standard InChI is InChI=1S/C18H22Cl6NO8P/c1-16(2,3)32-15(28)25-13(14(26)27)8-11-4-6-12(7-5-11)33-34(29,30-9-17(19,20)21)31-10-18(22,23)24/h4-7,13H,8-10H2,1-3H3,(H,25,28)(H,26,27). The summed E-state index contributed by atoms with van der Waals surface area (Å²) in [5, 5.41) is 11.7. The number of ether oxygens (including phenoxy) is 1. The van der Waals surface area contributed by atoms with Gasteiger partial charge in [0.1, 0.15) is 30.6 Å². The van der Waals surface area contributed by atoms with Crippen molar-refractivity contribution in [2.24, 2.45) is 0 Å². The maximum absolute atomic E-state index is 12.9. The molecule has 0 aliphatic rings. The second-order valence-electron chi connectivity index (χ2n) is 7.70. The molecule has 1 aromatic rings. The summed E-state index contributed by atoms with van der Waals surface area (Å²) in [5.41, 5.74) is -0.300. The molecule has 2 N–H and O–H groups in total. The van der Waals surface area contributed by atoms with Crippen molar-refractivity contribution in [3.8, 4) is 5.75 Å². The number of aliphatic carboxylic acids is 1. The molecule has 34 heavy (non-hydrogen) atoms. The number of alkyl halides is 6. The van der Waals surface area contributed by atoms with Crippen molar-refractivity contribution < 1.29 is 37.6 Å². The van der Waals surface area contributed by atoms with Gasteiger partial charge in [0.05, 0.1) is 0 Å². The maximum Gasteiger partial charge on any atom is 0.530 e. The van der Waals surface area contributed by atoms with Crippen LogP contribution in [-0.2, 0) is 29.6 Å². The third kappa shape index (κ3) is 14.3. The van der Waals surface area contributed by atoms with Crippen LogP contribution in [0.3, 0.4) is 0 Å². The van der Waals surface area contributed by atoms with Crippen LogP contribution in [0.2, 0.25) is 0 Å². The lowest BCUT2D eigenvalue weighted by atomic mass is 10.1. The fourth-order valence-corrected chi connectivity index (χ4v) is 4.14. The Morgan fingerprint density at radius 2 is 1.44 bits per heavy atom. The Labute approximate surface area is 226 Å². The summed E-state index contributed by atoms with van der Waals surface area (Å²) in [6.45, 7) is 3.61. The zero-order valence-electron chi connectivity index (χ0n) is 18.0. The summed E-state index contributed by atoms with van der Waals surface area (Å²) in [6, 6.07) is 4.37. The smallest absolute Gasteiger partial charge is 0.480 e. The molecule has 0 saturated carbocycles. The molecule has 1 rings (SSSR count). The molecule has 0 fully saturated rings. The van der Waals surface area contributed by atoms with E-state index < -0.39 is 52.3 Å². The van der Waals surface area contributed by atoms with Crippen LogP contribution in [0, 0.1) is 0 Å². The van der Waals surface area contributed by atoms with Crippen LogP contribution >= 0.6 is 77.4 Å². The number of carboxylic acid groups (broad SMARTS) is 1. The number of hydrogen-bond acceptors (Lipinski definition) is 7. The first-order valence-electron chi connectivity index (χ1n) is 9.30. The third-order valence-corrected chi connectivity index (χ3v) is 5.32. The second-order valence-corrected chi connectivity index (χ2v) is 14.3. The van der Waals surface area contributed by atoms with Crippen molar-refractivity contribution in [2.75, 3.05) is 13.2 Å². The molecule has 9 nitrogen and oxygen atoms in total. The first-order chi connectivity index (χ1) is 15.3. The molecule has 1 unspecified atom stereocenters. The predicted molar refractivity (Wildman–Crippen MR) is 132 cm³/mol. The monoisotopic (exact) mass is 621 g/mol. The number of phosphoric acid groups is 1.